The average molecular weight is 400 g/mol. The third-order valence-corrected chi connectivity index (χ3v) is 5.16. The Hall–Kier alpha value is -2.97. The summed E-state index contributed by atoms with van der Waals surface area (Å²) in [5.41, 5.74) is 1.33. The number of anilines is 2. The molecular formula is C18H14ClN5O2S. The van der Waals surface area contributed by atoms with Crippen LogP contribution in [0.5, 0.6) is 0 Å². The van der Waals surface area contributed by atoms with Gasteiger partial charge in [0.25, 0.3) is 0 Å². The highest BCUT2D eigenvalue weighted by Crippen LogP contribution is 2.26. The molecular weight excluding hydrogens is 386 g/mol. The standard InChI is InChI=1S/C18H14ClN5O2S/c19-10-5-1-2-6-11(10)20-16(26)13-9-15(25)23-17(21-13)24-18-22-12-7-3-4-8-14(12)27-18/h1-8,13H,9H2,(H,20,26)(H2,21,22,23,24,25). The number of carbonyl (C=O) groups excluding carboxylic acids is 2. The molecule has 1 aliphatic rings. The second kappa shape index (κ2) is 7.34. The minimum atomic E-state index is -0.855. The van der Waals surface area contributed by atoms with Crippen molar-refractivity contribution < 1.29 is 9.59 Å². The minimum Gasteiger partial charge on any atom is -0.323 e. The zero-order chi connectivity index (χ0) is 18.8. The molecule has 1 aliphatic heterocycles. The molecule has 0 bridgehead atoms. The van der Waals surface area contributed by atoms with E-state index in [-0.39, 0.29) is 18.3 Å². The summed E-state index contributed by atoms with van der Waals surface area (Å²) in [6, 6.07) is 13.7. The van der Waals surface area contributed by atoms with Crippen molar-refractivity contribution >= 4 is 61.7 Å². The van der Waals surface area contributed by atoms with Crippen LogP contribution in [0.25, 0.3) is 10.2 Å². The molecule has 1 atom stereocenters. The predicted molar refractivity (Wildman–Crippen MR) is 107 cm³/mol. The SMILES string of the molecule is O=C1CC(C(=O)Nc2ccccc2Cl)N=C(Nc2nc3ccccc3s2)N1. The number of carbonyl (C=O) groups is 2. The summed E-state index contributed by atoms with van der Waals surface area (Å²) in [6.07, 6.45) is -0.0404. The maximum absolute atomic E-state index is 12.5. The van der Waals surface area contributed by atoms with E-state index < -0.39 is 11.9 Å². The van der Waals surface area contributed by atoms with Crippen LogP contribution in [0.3, 0.4) is 0 Å². The highest BCUT2D eigenvalue weighted by atomic mass is 35.5. The Morgan fingerprint density at radius 1 is 1.19 bits per heavy atom. The second-order valence-corrected chi connectivity index (χ2v) is 7.26. The van der Waals surface area contributed by atoms with Crippen LogP contribution in [0.2, 0.25) is 5.02 Å². The number of para-hydroxylation sites is 2. The zero-order valence-corrected chi connectivity index (χ0v) is 15.5. The first-order valence-corrected chi connectivity index (χ1v) is 9.33. The molecule has 2 heterocycles. The van der Waals surface area contributed by atoms with Gasteiger partial charge in [0.15, 0.2) is 5.13 Å². The van der Waals surface area contributed by atoms with Crippen molar-refractivity contribution in [3.63, 3.8) is 0 Å². The number of halogens is 1. The summed E-state index contributed by atoms with van der Waals surface area (Å²) >= 11 is 7.50. The molecule has 9 heteroatoms. The van der Waals surface area contributed by atoms with Crippen LogP contribution in [0.4, 0.5) is 10.8 Å². The van der Waals surface area contributed by atoms with E-state index in [9.17, 15) is 9.59 Å². The Morgan fingerprint density at radius 3 is 2.78 bits per heavy atom. The van der Waals surface area contributed by atoms with Crippen molar-refractivity contribution in [1.29, 1.82) is 0 Å². The van der Waals surface area contributed by atoms with E-state index in [1.165, 1.54) is 11.3 Å². The van der Waals surface area contributed by atoms with Crippen LogP contribution in [0.1, 0.15) is 6.42 Å². The van der Waals surface area contributed by atoms with Gasteiger partial charge in [-0.05, 0) is 24.3 Å². The van der Waals surface area contributed by atoms with Crippen LogP contribution >= 0.6 is 22.9 Å². The van der Waals surface area contributed by atoms with Gasteiger partial charge in [-0.25, -0.2) is 9.98 Å². The first-order chi connectivity index (χ1) is 13.1. The monoisotopic (exact) mass is 399 g/mol. The Bertz CT molecular complexity index is 1030. The fourth-order valence-corrected chi connectivity index (χ4v) is 3.66. The van der Waals surface area contributed by atoms with Crippen molar-refractivity contribution in [3.05, 3.63) is 53.6 Å². The molecule has 27 heavy (non-hydrogen) atoms. The van der Waals surface area contributed by atoms with Gasteiger partial charge in [0, 0.05) is 0 Å². The van der Waals surface area contributed by atoms with Gasteiger partial charge in [-0.15, -0.1) is 0 Å². The van der Waals surface area contributed by atoms with Gasteiger partial charge in [-0.2, -0.15) is 0 Å². The van der Waals surface area contributed by atoms with E-state index >= 15 is 0 Å². The number of amides is 2. The van der Waals surface area contributed by atoms with E-state index in [4.69, 9.17) is 11.6 Å². The number of fused-ring (bicyclic) bond motifs is 1. The minimum absolute atomic E-state index is 0.0404. The van der Waals surface area contributed by atoms with Gasteiger partial charge in [0.1, 0.15) is 6.04 Å². The number of hydrogen-bond acceptors (Lipinski definition) is 6. The Labute approximate surface area is 163 Å². The highest BCUT2D eigenvalue weighted by molar-refractivity contribution is 7.22. The summed E-state index contributed by atoms with van der Waals surface area (Å²) in [5.74, 6) is -0.501. The van der Waals surface area contributed by atoms with E-state index in [0.29, 0.717) is 15.8 Å². The summed E-state index contributed by atoms with van der Waals surface area (Å²) in [4.78, 5) is 33.3. The Morgan fingerprint density at radius 2 is 1.96 bits per heavy atom. The molecule has 0 saturated carbocycles. The maximum Gasteiger partial charge on any atom is 0.249 e. The van der Waals surface area contributed by atoms with Gasteiger partial charge in [0.05, 0.1) is 27.3 Å². The molecule has 1 unspecified atom stereocenters. The van der Waals surface area contributed by atoms with Crippen molar-refractivity contribution in [3.8, 4) is 0 Å². The van der Waals surface area contributed by atoms with E-state index in [1.54, 1.807) is 24.3 Å². The van der Waals surface area contributed by atoms with Crippen LogP contribution < -0.4 is 16.0 Å². The lowest BCUT2D eigenvalue weighted by atomic mass is 10.1. The third-order valence-electron chi connectivity index (χ3n) is 3.88. The van der Waals surface area contributed by atoms with Gasteiger partial charge in [0.2, 0.25) is 17.8 Å². The van der Waals surface area contributed by atoms with Crippen LogP contribution in [0.15, 0.2) is 53.5 Å². The second-order valence-electron chi connectivity index (χ2n) is 5.83. The number of nitrogens with zero attached hydrogens (tertiary/aromatic N) is 2. The number of rotatable bonds is 3. The molecule has 3 aromatic rings. The molecule has 4 rings (SSSR count). The molecule has 2 amide bonds. The van der Waals surface area contributed by atoms with Crippen molar-refractivity contribution in [2.75, 3.05) is 10.6 Å². The van der Waals surface area contributed by atoms with Gasteiger partial charge >= 0.3 is 0 Å². The van der Waals surface area contributed by atoms with Crippen LogP contribution in [-0.2, 0) is 9.59 Å². The molecule has 136 valence electrons. The van der Waals surface area contributed by atoms with Gasteiger partial charge in [-0.3, -0.25) is 14.9 Å². The zero-order valence-electron chi connectivity index (χ0n) is 13.9. The number of aliphatic imine (C=N–C) groups is 1. The predicted octanol–water partition coefficient (Wildman–Crippen LogP) is 3.24. The topological polar surface area (TPSA) is 95.5 Å². The molecule has 0 aliphatic carbocycles. The smallest absolute Gasteiger partial charge is 0.249 e. The Kier molecular flexibility index (Phi) is 4.74. The van der Waals surface area contributed by atoms with Gasteiger partial charge in [-0.1, -0.05) is 47.2 Å². The maximum atomic E-state index is 12.5. The molecule has 7 nitrogen and oxygen atoms in total. The quantitative estimate of drug-likeness (QED) is 0.630. The number of thiazole rings is 1. The fourth-order valence-electron chi connectivity index (χ4n) is 2.61. The largest absolute Gasteiger partial charge is 0.323 e. The summed E-state index contributed by atoms with van der Waals surface area (Å²) < 4.78 is 1.01. The third kappa shape index (κ3) is 3.91. The molecule has 3 N–H and O–H groups in total. The number of guanidine groups is 1. The van der Waals surface area contributed by atoms with E-state index in [0.717, 1.165) is 10.2 Å². The first kappa shape index (κ1) is 17.4. The summed E-state index contributed by atoms with van der Waals surface area (Å²) in [6.45, 7) is 0. The number of hydrogen-bond donors (Lipinski definition) is 3. The lowest BCUT2D eigenvalue weighted by Crippen LogP contribution is -2.45. The van der Waals surface area contributed by atoms with Crippen molar-refractivity contribution in [1.82, 2.24) is 10.3 Å². The van der Waals surface area contributed by atoms with E-state index in [2.05, 4.69) is 25.9 Å². The molecule has 0 saturated heterocycles. The number of benzene rings is 2. The average Bonchev–Trinajstić information content (AvgIpc) is 3.05. The Balaban J connectivity index is 1.52. The van der Waals surface area contributed by atoms with Crippen LogP contribution in [-0.4, -0.2) is 28.8 Å². The van der Waals surface area contributed by atoms with Crippen LogP contribution in [0, 0.1) is 0 Å². The number of aromatic nitrogens is 1. The van der Waals surface area contributed by atoms with Gasteiger partial charge < -0.3 is 10.6 Å². The highest BCUT2D eigenvalue weighted by Gasteiger charge is 2.27. The molecule has 0 radical (unpaired) electrons. The molecule has 0 fully saturated rings. The normalized spacial score (nSPS) is 16.6. The van der Waals surface area contributed by atoms with Crippen molar-refractivity contribution in [2.45, 2.75) is 12.5 Å². The van der Waals surface area contributed by atoms with E-state index in [1.807, 2.05) is 24.3 Å². The lowest BCUT2D eigenvalue weighted by Gasteiger charge is -2.20. The lowest BCUT2D eigenvalue weighted by molar-refractivity contribution is -0.124. The molecule has 0 spiro atoms. The van der Waals surface area contributed by atoms with Crippen molar-refractivity contribution in [2.24, 2.45) is 4.99 Å². The summed E-state index contributed by atoms with van der Waals surface area (Å²) in [5, 5.41) is 9.32. The summed E-state index contributed by atoms with van der Waals surface area (Å²) in [7, 11) is 0. The molecule has 2 aromatic carbocycles. The first-order valence-electron chi connectivity index (χ1n) is 8.14. The molecule has 1 aromatic heterocycles. The number of nitrogens with one attached hydrogen (secondary N) is 3. The fraction of sp³-hybridized carbons (Fsp3) is 0.111.